The number of aliphatic hydroxyl groups is 2. The molecule has 6 nitrogen and oxygen atoms in total. The van der Waals surface area contributed by atoms with Crippen molar-refractivity contribution >= 4 is 11.9 Å². The molecule has 0 aliphatic rings. The highest BCUT2D eigenvalue weighted by Gasteiger charge is 2.18. The predicted octanol–water partition coefficient (Wildman–Crippen LogP) is 15.7. The molecule has 3 N–H and O–H groups in total. The molecule has 2 atom stereocenters. The molecule has 6 heteroatoms. The second-order valence-electron chi connectivity index (χ2n) is 18.2. The maximum Gasteiger partial charge on any atom is 0.305 e. The van der Waals surface area contributed by atoms with Crippen LogP contribution in [-0.4, -0.2) is 47.4 Å². The molecule has 0 bridgehead atoms. The molecule has 0 spiro atoms. The van der Waals surface area contributed by atoms with Crippen LogP contribution in [0, 0.1) is 0 Å². The van der Waals surface area contributed by atoms with Crippen LogP contribution in [0.25, 0.3) is 0 Å². The molecule has 0 aliphatic carbocycles. The Bertz CT molecular complexity index is 878. The van der Waals surface area contributed by atoms with Crippen molar-refractivity contribution in [1.82, 2.24) is 5.32 Å². The van der Waals surface area contributed by atoms with Crippen LogP contribution in [0.15, 0.2) is 12.2 Å². The number of nitrogens with one attached hydrogen (secondary N) is 1. The van der Waals surface area contributed by atoms with E-state index < -0.39 is 12.1 Å². The number of carbonyl (C=O) groups excluding carboxylic acids is 2. The van der Waals surface area contributed by atoms with Crippen molar-refractivity contribution < 1.29 is 24.5 Å². The average Bonchev–Trinajstić information content (AvgIpc) is 3.24. The second kappa shape index (κ2) is 49.3. The Morgan fingerprint density at radius 1 is 0.458 bits per heavy atom. The van der Waals surface area contributed by atoms with Crippen molar-refractivity contribution in [3.8, 4) is 0 Å². The molecule has 0 aromatic rings. The van der Waals surface area contributed by atoms with E-state index in [2.05, 4.69) is 19.2 Å². The van der Waals surface area contributed by atoms with E-state index in [1.54, 1.807) is 6.08 Å². The minimum atomic E-state index is -0.858. The third kappa shape index (κ3) is 45.9. The van der Waals surface area contributed by atoms with Crippen LogP contribution in [0.4, 0.5) is 0 Å². The summed E-state index contributed by atoms with van der Waals surface area (Å²) >= 11 is 0. The van der Waals surface area contributed by atoms with Crippen LogP contribution >= 0.6 is 0 Å². The molecule has 0 aliphatic heterocycles. The van der Waals surface area contributed by atoms with Gasteiger partial charge < -0.3 is 20.3 Å². The first-order valence-electron chi connectivity index (χ1n) is 26.5. The quantitative estimate of drug-likeness (QED) is 0.0322. The monoisotopic (exact) mass is 834 g/mol. The number of hydrogen-bond acceptors (Lipinski definition) is 5. The van der Waals surface area contributed by atoms with Crippen LogP contribution in [0.5, 0.6) is 0 Å². The molecule has 0 aromatic carbocycles. The maximum atomic E-state index is 12.4. The molecule has 0 saturated heterocycles. The van der Waals surface area contributed by atoms with Gasteiger partial charge in [0.15, 0.2) is 0 Å². The van der Waals surface area contributed by atoms with Crippen LogP contribution in [0.2, 0.25) is 0 Å². The van der Waals surface area contributed by atoms with E-state index in [1.807, 2.05) is 6.08 Å². The van der Waals surface area contributed by atoms with Gasteiger partial charge in [-0.1, -0.05) is 257 Å². The van der Waals surface area contributed by atoms with Gasteiger partial charge in [0, 0.05) is 12.8 Å². The van der Waals surface area contributed by atoms with E-state index in [9.17, 15) is 19.8 Å². The Balaban J connectivity index is 3.50. The molecule has 59 heavy (non-hydrogen) atoms. The highest BCUT2D eigenvalue weighted by molar-refractivity contribution is 5.76. The van der Waals surface area contributed by atoms with Gasteiger partial charge in [-0.15, -0.1) is 0 Å². The lowest BCUT2D eigenvalue weighted by Crippen LogP contribution is -2.45. The van der Waals surface area contributed by atoms with E-state index in [0.717, 1.165) is 57.8 Å². The smallest absolute Gasteiger partial charge is 0.305 e. The zero-order valence-corrected chi connectivity index (χ0v) is 39.7. The maximum absolute atomic E-state index is 12.4. The number of rotatable bonds is 49. The Hall–Kier alpha value is -1.40. The summed E-state index contributed by atoms with van der Waals surface area (Å²) in [4.78, 5) is 24.5. The normalized spacial score (nSPS) is 12.7. The fourth-order valence-electron chi connectivity index (χ4n) is 8.22. The van der Waals surface area contributed by atoms with Gasteiger partial charge in [-0.2, -0.15) is 0 Å². The van der Waals surface area contributed by atoms with Gasteiger partial charge in [-0.05, 0) is 32.1 Å². The first kappa shape index (κ1) is 57.6. The van der Waals surface area contributed by atoms with Gasteiger partial charge in [0.2, 0.25) is 5.91 Å². The van der Waals surface area contributed by atoms with Gasteiger partial charge in [0.25, 0.3) is 0 Å². The molecule has 0 fully saturated rings. The summed E-state index contributed by atoms with van der Waals surface area (Å²) in [6, 6.07) is -0.643. The Labute approximate surface area is 368 Å². The van der Waals surface area contributed by atoms with Crippen LogP contribution in [-0.2, 0) is 14.3 Å². The van der Waals surface area contributed by atoms with E-state index in [1.165, 1.54) is 205 Å². The van der Waals surface area contributed by atoms with Gasteiger partial charge in [0.1, 0.15) is 0 Å². The minimum Gasteiger partial charge on any atom is -0.466 e. The lowest BCUT2D eigenvalue weighted by molar-refractivity contribution is -0.143. The molecule has 0 radical (unpaired) electrons. The summed E-state index contributed by atoms with van der Waals surface area (Å²) in [6.45, 7) is 4.87. The van der Waals surface area contributed by atoms with Crippen molar-refractivity contribution in [2.24, 2.45) is 0 Å². The zero-order chi connectivity index (χ0) is 43.0. The standard InChI is InChI=1S/C53H103NO5/c1-3-5-7-9-11-13-15-17-19-20-22-23-25-29-33-37-41-45-51(56)50(49-55)54-52(57)46-42-38-34-30-27-28-32-36-40-44-48-59-53(58)47-43-39-35-31-26-24-21-18-16-14-12-10-8-6-4-2/h41,45,50-51,55-56H,3-40,42-44,46-49H2,1-2H3,(H,54,57)/b45-41+. The van der Waals surface area contributed by atoms with Gasteiger partial charge in [0.05, 0.1) is 25.4 Å². The minimum absolute atomic E-state index is 0.0176. The molecule has 350 valence electrons. The van der Waals surface area contributed by atoms with Gasteiger partial charge in [-0.25, -0.2) is 0 Å². The Morgan fingerprint density at radius 2 is 0.780 bits per heavy atom. The lowest BCUT2D eigenvalue weighted by Gasteiger charge is -2.20. The number of amides is 1. The average molecular weight is 834 g/mol. The number of hydrogen-bond donors (Lipinski definition) is 3. The molecule has 0 heterocycles. The molecule has 0 saturated carbocycles. The number of carbonyl (C=O) groups is 2. The number of ether oxygens (including phenoxy) is 1. The largest absolute Gasteiger partial charge is 0.466 e. The number of esters is 1. The first-order valence-corrected chi connectivity index (χ1v) is 26.5. The fraction of sp³-hybridized carbons (Fsp3) is 0.925. The summed E-state index contributed by atoms with van der Waals surface area (Å²) in [5.41, 5.74) is 0. The summed E-state index contributed by atoms with van der Waals surface area (Å²) in [7, 11) is 0. The fourth-order valence-corrected chi connectivity index (χ4v) is 8.22. The highest BCUT2D eigenvalue weighted by atomic mass is 16.5. The summed E-state index contributed by atoms with van der Waals surface area (Å²) < 4.78 is 5.46. The Morgan fingerprint density at radius 3 is 1.15 bits per heavy atom. The van der Waals surface area contributed by atoms with Crippen molar-refractivity contribution in [2.45, 2.75) is 302 Å². The van der Waals surface area contributed by atoms with Crippen molar-refractivity contribution in [1.29, 1.82) is 0 Å². The molecular formula is C53H103NO5. The van der Waals surface area contributed by atoms with E-state index in [4.69, 9.17) is 4.74 Å². The third-order valence-corrected chi connectivity index (χ3v) is 12.3. The van der Waals surface area contributed by atoms with Gasteiger partial charge in [-0.3, -0.25) is 9.59 Å². The second-order valence-corrected chi connectivity index (χ2v) is 18.2. The van der Waals surface area contributed by atoms with E-state index in [0.29, 0.717) is 19.4 Å². The van der Waals surface area contributed by atoms with E-state index in [-0.39, 0.29) is 18.5 Å². The lowest BCUT2D eigenvalue weighted by atomic mass is 10.0. The molecule has 2 unspecified atom stereocenters. The van der Waals surface area contributed by atoms with Crippen molar-refractivity contribution in [3.63, 3.8) is 0 Å². The first-order chi connectivity index (χ1) is 29.0. The summed E-state index contributed by atoms with van der Waals surface area (Å²) in [5.74, 6) is -0.106. The van der Waals surface area contributed by atoms with Crippen LogP contribution in [0.1, 0.15) is 290 Å². The van der Waals surface area contributed by atoms with Crippen LogP contribution < -0.4 is 5.32 Å². The third-order valence-electron chi connectivity index (χ3n) is 12.3. The van der Waals surface area contributed by atoms with Crippen LogP contribution in [0.3, 0.4) is 0 Å². The molecular weight excluding hydrogens is 731 g/mol. The number of unbranched alkanes of at least 4 members (excludes halogenated alkanes) is 38. The SMILES string of the molecule is CCCCCCCCCCCCCCCCC/C=C/C(O)C(CO)NC(=O)CCCCCCCCCCCCOC(=O)CCCCCCCCCCCCCCCCC. The summed E-state index contributed by atoms with van der Waals surface area (Å²) in [5, 5.41) is 23.1. The molecule has 0 rings (SSSR count). The summed E-state index contributed by atoms with van der Waals surface area (Å²) in [6.07, 6.45) is 56.4. The predicted molar refractivity (Wildman–Crippen MR) is 255 cm³/mol. The topological polar surface area (TPSA) is 95.9 Å². The highest BCUT2D eigenvalue weighted by Crippen LogP contribution is 2.16. The van der Waals surface area contributed by atoms with E-state index >= 15 is 0 Å². The Kier molecular flexibility index (Phi) is 48.1. The van der Waals surface area contributed by atoms with Crippen molar-refractivity contribution in [2.75, 3.05) is 13.2 Å². The van der Waals surface area contributed by atoms with Crippen molar-refractivity contribution in [3.05, 3.63) is 12.2 Å². The zero-order valence-electron chi connectivity index (χ0n) is 39.7. The van der Waals surface area contributed by atoms with Gasteiger partial charge >= 0.3 is 5.97 Å². The number of aliphatic hydroxyl groups excluding tert-OH is 2. The number of allylic oxidation sites excluding steroid dienone is 1. The molecule has 0 aromatic heterocycles. The molecule has 1 amide bonds.